The van der Waals surface area contributed by atoms with Gasteiger partial charge in [-0.3, -0.25) is 0 Å². The lowest BCUT2D eigenvalue weighted by molar-refractivity contribution is 0.275. The van der Waals surface area contributed by atoms with E-state index >= 15 is 0 Å². The van der Waals surface area contributed by atoms with E-state index in [9.17, 15) is 13.6 Å². The topological polar surface area (TPSA) is 29.5 Å². The Bertz CT molecular complexity index is 473. The molecule has 0 aromatic heterocycles. The highest BCUT2D eigenvalue weighted by molar-refractivity contribution is 9.10. The maximum atomic E-state index is 13.5. The molecule has 114 valence electrons. The zero-order valence-corrected chi connectivity index (χ0v) is 14.9. The van der Waals surface area contributed by atoms with Gasteiger partial charge in [-0.1, -0.05) is 13.8 Å². The van der Waals surface area contributed by atoms with Crippen molar-refractivity contribution < 1.29 is 18.3 Å². The van der Waals surface area contributed by atoms with Crippen LogP contribution in [0.4, 0.5) is 8.78 Å². The molecule has 1 aromatic carbocycles. The highest BCUT2D eigenvalue weighted by Crippen LogP contribution is 2.39. The van der Waals surface area contributed by atoms with Gasteiger partial charge in [0.05, 0.1) is 11.1 Å². The first-order chi connectivity index (χ1) is 9.06. The van der Waals surface area contributed by atoms with Gasteiger partial charge >= 0.3 is 0 Å². The highest BCUT2D eigenvalue weighted by atomic mass is 79.9. The van der Waals surface area contributed by atoms with Crippen molar-refractivity contribution in [2.45, 2.75) is 44.8 Å². The van der Waals surface area contributed by atoms with Crippen molar-refractivity contribution in [1.82, 2.24) is 0 Å². The van der Waals surface area contributed by atoms with Gasteiger partial charge in [-0.25, -0.2) is 4.39 Å². The van der Waals surface area contributed by atoms with Gasteiger partial charge in [0.1, 0.15) is 0 Å². The minimum absolute atomic E-state index is 0.0942. The second kappa shape index (κ2) is 6.53. The summed E-state index contributed by atoms with van der Waals surface area (Å²) in [6.07, 6.45) is 1.45. The molecule has 0 aliphatic rings. The molecule has 0 radical (unpaired) electrons. The Balaban J connectivity index is 2.57. The third kappa shape index (κ3) is 4.26. The van der Waals surface area contributed by atoms with Gasteiger partial charge in [-0.05, 0) is 59.0 Å². The molecule has 0 heterocycles. The van der Waals surface area contributed by atoms with Crippen LogP contribution in [-0.2, 0) is 0 Å². The van der Waals surface area contributed by atoms with E-state index in [1.807, 2.05) is 26.9 Å². The lowest BCUT2D eigenvalue weighted by Gasteiger charge is -2.35. The van der Waals surface area contributed by atoms with Crippen LogP contribution < -0.4 is 4.74 Å². The van der Waals surface area contributed by atoms with Crippen LogP contribution in [0.1, 0.15) is 26.7 Å². The lowest BCUT2D eigenvalue weighted by atomic mass is 10.1. The summed E-state index contributed by atoms with van der Waals surface area (Å²) in [7, 11) is -2.24. The van der Waals surface area contributed by atoms with Crippen molar-refractivity contribution in [2.24, 2.45) is 0 Å². The first kappa shape index (κ1) is 17.6. The summed E-state index contributed by atoms with van der Waals surface area (Å²) >= 11 is 3.14. The van der Waals surface area contributed by atoms with Gasteiger partial charge in [-0.15, -0.1) is 0 Å². The summed E-state index contributed by atoms with van der Waals surface area (Å²) in [5.41, 5.74) is 0. The molecule has 0 aliphatic carbocycles. The Hall–Kier alpha value is -0.463. The van der Waals surface area contributed by atoms with Gasteiger partial charge in [0.15, 0.2) is 19.9 Å². The van der Waals surface area contributed by atoms with E-state index in [0.717, 1.165) is 12.5 Å². The van der Waals surface area contributed by atoms with Crippen molar-refractivity contribution in [3.05, 3.63) is 28.2 Å². The minimum atomic E-state index is -2.24. The standard InChI is InChI=1S/C14H21BrF2O2Si/c1-14(2,20(3,4)18)8-5-9-19-13-10(15)6-7-11(16)12(13)17/h6-7,18H,5,8-9H2,1-4H3. The first-order valence-electron chi connectivity index (χ1n) is 6.55. The largest absolute Gasteiger partial charge is 0.489 e. The quantitative estimate of drug-likeness (QED) is 0.442. The van der Waals surface area contributed by atoms with Crippen molar-refractivity contribution in [3.63, 3.8) is 0 Å². The van der Waals surface area contributed by atoms with E-state index in [4.69, 9.17) is 4.74 Å². The molecule has 0 bridgehead atoms. The lowest BCUT2D eigenvalue weighted by Crippen LogP contribution is -2.39. The van der Waals surface area contributed by atoms with E-state index in [0.29, 0.717) is 10.9 Å². The number of ether oxygens (including phenoxy) is 1. The summed E-state index contributed by atoms with van der Waals surface area (Å²) in [5, 5.41) is -0.145. The molecule has 0 saturated carbocycles. The van der Waals surface area contributed by atoms with Gasteiger partial charge in [0.25, 0.3) is 0 Å². The predicted molar refractivity (Wildman–Crippen MR) is 82.5 cm³/mol. The average molecular weight is 367 g/mol. The number of hydrogen-bond donors (Lipinski definition) is 1. The van der Waals surface area contributed by atoms with Crippen LogP contribution in [0.15, 0.2) is 16.6 Å². The van der Waals surface area contributed by atoms with Crippen molar-refractivity contribution in [2.75, 3.05) is 6.61 Å². The summed E-state index contributed by atoms with van der Waals surface area (Å²) < 4.78 is 32.4. The van der Waals surface area contributed by atoms with Crippen LogP contribution in [0.5, 0.6) is 5.75 Å². The highest BCUT2D eigenvalue weighted by Gasteiger charge is 2.37. The third-order valence-electron chi connectivity index (χ3n) is 3.85. The molecule has 0 aliphatic heterocycles. The van der Waals surface area contributed by atoms with Crippen molar-refractivity contribution >= 4 is 24.2 Å². The molecular formula is C14H21BrF2O2Si. The van der Waals surface area contributed by atoms with Gasteiger partial charge in [-0.2, -0.15) is 4.39 Å². The summed E-state index contributed by atoms with van der Waals surface area (Å²) in [6.45, 7) is 8.13. The number of rotatable bonds is 6. The smallest absolute Gasteiger partial charge is 0.201 e. The Kier molecular flexibility index (Phi) is 5.75. The van der Waals surface area contributed by atoms with Crippen LogP contribution in [-0.4, -0.2) is 19.7 Å². The molecule has 0 amide bonds. The SMILES string of the molecule is CC(C)(CCCOc1c(Br)ccc(F)c1F)[Si](C)(C)O. The number of hydrogen-bond acceptors (Lipinski definition) is 2. The molecule has 20 heavy (non-hydrogen) atoms. The summed E-state index contributed by atoms with van der Waals surface area (Å²) in [5.74, 6) is -1.99. The van der Waals surface area contributed by atoms with E-state index in [1.165, 1.54) is 6.07 Å². The Morgan fingerprint density at radius 2 is 1.90 bits per heavy atom. The molecule has 1 rings (SSSR count). The zero-order chi connectivity index (χ0) is 15.6. The third-order valence-corrected chi connectivity index (χ3v) is 8.04. The van der Waals surface area contributed by atoms with Crippen LogP contribution in [0.3, 0.4) is 0 Å². The fourth-order valence-corrected chi connectivity index (χ4v) is 2.84. The zero-order valence-electron chi connectivity index (χ0n) is 12.3. The van der Waals surface area contributed by atoms with E-state index in [2.05, 4.69) is 15.9 Å². The predicted octanol–water partition coefficient (Wildman–Crippen LogP) is 4.86. The van der Waals surface area contributed by atoms with E-state index in [-0.39, 0.29) is 17.4 Å². The second-order valence-corrected chi connectivity index (χ2v) is 11.4. The van der Waals surface area contributed by atoms with Crippen LogP contribution in [0, 0.1) is 11.6 Å². The molecule has 2 nitrogen and oxygen atoms in total. The Labute approximate surface area is 128 Å². The molecule has 6 heteroatoms. The average Bonchev–Trinajstić information content (AvgIpc) is 2.31. The number of halogens is 3. The molecular weight excluding hydrogens is 346 g/mol. The maximum absolute atomic E-state index is 13.5. The summed E-state index contributed by atoms with van der Waals surface area (Å²) in [6, 6.07) is 2.47. The Morgan fingerprint density at radius 1 is 1.30 bits per heavy atom. The van der Waals surface area contributed by atoms with E-state index < -0.39 is 20.0 Å². The van der Waals surface area contributed by atoms with Gasteiger partial charge in [0, 0.05) is 0 Å². The molecule has 1 aromatic rings. The van der Waals surface area contributed by atoms with Crippen LogP contribution >= 0.6 is 15.9 Å². The van der Waals surface area contributed by atoms with Crippen molar-refractivity contribution in [3.8, 4) is 5.75 Å². The fourth-order valence-electron chi connectivity index (χ4n) is 1.64. The van der Waals surface area contributed by atoms with Crippen LogP contribution in [0.25, 0.3) is 0 Å². The molecule has 0 unspecified atom stereocenters. The van der Waals surface area contributed by atoms with E-state index in [1.54, 1.807) is 0 Å². The Morgan fingerprint density at radius 3 is 2.45 bits per heavy atom. The molecule has 0 spiro atoms. The van der Waals surface area contributed by atoms with Gasteiger partial charge < -0.3 is 9.53 Å². The summed E-state index contributed by atoms with van der Waals surface area (Å²) in [4.78, 5) is 10.2. The second-order valence-electron chi connectivity index (χ2n) is 6.07. The molecule has 0 saturated heterocycles. The molecule has 1 N–H and O–H groups in total. The van der Waals surface area contributed by atoms with Crippen molar-refractivity contribution in [1.29, 1.82) is 0 Å². The first-order valence-corrected chi connectivity index (χ1v) is 10.3. The van der Waals surface area contributed by atoms with Crippen LogP contribution in [0.2, 0.25) is 18.1 Å². The normalized spacial score (nSPS) is 12.6. The monoisotopic (exact) mass is 366 g/mol. The molecule has 0 atom stereocenters. The molecule has 0 fully saturated rings. The van der Waals surface area contributed by atoms with Gasteiger partial charge in [0.2, 0.25) is 5.82 Å². The maximum Gasteiger partial charge on any atom is 0.201 e. The number of benzene rings is 1. The fraction of sp³-hybridized carbons (Fsp3) is 0.571. The minimum Gasteiger partial charge on any atom is -0.489 e.